The predicted octanol–water partition coefficient (Wildman–Crippen LogP) is 5.11. The van der Waals surface area contributed by atoms with Gasteiger partial charge in [0.2, 0.25) is 0 Å². The number of hydrogen-bond acceptors (Lipinski definition) is 5. The van der Waals surface area contributed by atoms with E-state index in [9.17, 15) is 4.79 Å². The Hall–Kier alpha value is -3.41. The van der Waals surface area contributed by atoms with Crippen molar-refractivity contribution in [3.63, 3.8) is 0 Å². The van der Waals surface area contributed by atoms with Crippen molar-refractivity contribution >= 4 is 17.0 Å². The molecule has 4 aromatic rings. The van der Waals surface area contributed by atoms with E-state index in [0.717, 1.165) is 23.5 Å². The highest BCUT2D eigenvalue weighted by molar-refractivity contribution is 6.07. The third-order valence-electron chi connectivity index (χ3n) is 5.35. The highest BCUT2D eigenvalue weighted by Gasteiger charge is 2.24. The molecule has 0 saturated carbocycles. The fraction of sp³-hybridized carbons (Fsp3) is 0.292. The lowest BCUT2D eigenvalue weighted by Gasteiger charge is -2.21. The van der Waals surface area contributed by atoms with Crippen LogP contribution in [0.2, 0.25) is 0 Å². The number of amides is 1. The van der Waals surface area contributed by atoms with Gasteiger partial charge in [-0.05, 0) is 51.8 Å². The van der Waals surface area contributed by atoms with Crippen molar-refractivity contribution in [3.8, 4) is 11.3 Å². The highest BCUT2D eigenvalue weighted by atomic mass is 16.5. The number of pyridine rings is 1. The molecule has 0 bridgehead atoms. The summed E-state index contributed by atoms with van der Waals surface area (Å²) in [6, 6.07) is 13.9. The van der Waals surface area contributed by atoms with Crippen molar-refractivity contribution < 1.29 is 13.7 Å². The Labute approximate surface area is 175 Å². The zero-order valence-corrected chi connectivity index (χ0v) is 17.7. The van der Waals surface area contributed by atoms with Crippen LogP contribution in [0.25, 0.3) is 22.4 Å². The van der Waals surface area contributed by atoms with Gasteiger partial charge in [0.25, 0.3) is 11.6 Å². The molecule has 4 rings (SSSR count). The summed E-state index contributed by atoms with van der Waals surface area (Å²) >= 11 is 0. The summed E-state index contributed by atoms with van der Waals surface area (Å²) in [4.78, 5) is 20.0. The molecule has 1 amide bonds. The quantitative estimate of drug-likeness (QED) is 0.447. The highest BCUT2D eigenvalue weighted by Crippen LogP contribution is 2.31. The third-order valence-corrected chi connectivity index (χ3v) is 5.35. The summed E-state index contributed by atoms with van der Waals surface area (Å²) in [7, 11) is 0. The average Bonchev–Trinajstić information content (AvgIpc) is 3.29. The Kier molecular flexibility index (Phi) is 5.40. The van der Waals surface area contributed by atoms with Crippen LogP contribution in [0.3, 0.4) is 0 Å². The number of benzene rings is 1. The third kappa shape index (κ3) is 3.73. The fourth-order valence-corrected chi connectivity index (χ4v) is 3.77. The van der Waals surface area contributed by atoms with Gasteiger partial charge >= 0.3 is 0 Å². The zero-order chi connectivity index (χ0) is 21.3. The number of rotatable bonds is 6. The summed E-state index contributed by atoms with van der Waals surface area (Å²) < 4.78 is 11.1. The van der Waals surface area contributed by atoms with Crippen LogP contribution in [0, 0.1) is 20.8 Å². The Balaban J connectivity index is 1.73. The molecule has 0 aliphatic heterocycles. The summed E-state index contributed by atoms with van der Waals surface area (Å²) in [5.74, 6) is 1.50. The van der Waals surface area contributed by atoms with E-state index < -0.39 is 0 Å². The molecule has 6 heteroatoms. The molecule has 30 heavy (non-hydrogen) atoms. The summed E-state index contributed by atoms with van der Waals surface area (Å²) in [5, 5.41) is 4.71. The van der Waals surface area contributed by atoms with Gasteiger partial charge in [0.1, 0.15) is 11.5 Å². The van der Waals surface area contributed by atoms with E-state index in [1.807, 2.05) is 62.9 Å². The second kappa shape index (κ2) is 8.14. The Bertz CT molecular complexity index is 1190. The van der Waals surface area contributed by atoms with E-state index in [4.69, 9.17) is 8.94 Å². The molecular formula is C24H25N3O3. The van der Waals surface area contributed by atoms with E-state index in [1.165, 1.54) is 5.56 Å². The van der Waals surface area contributed by atoms with Crippen molar-refractivity contribution in [3.05, 3.63) is 70.8 Å². The summed E-state index contributed by atoms with van der Waals surface area (Å²) in [6.07, 6.45) is 0.796. The van der Waals surface area contributed by atoms with E-state index in [1.54, 1.807) is 0 Å². The molecule has 0 fully saturated rings. The Morgan fingerprint density at radius 1 is 1.10 bits per heavy atom. The number of aryl methyl sites for hydroxylation is 3. The first-order chi connectivity index (χ1) is 14.5. The zero-order valence-electron chi connectivity index (χ0n) is 17.7. The van der Waals surface area contributed by atoms with Crippen LogP contribution >= 0.6 is 0 Å². The molecule has 0 radical (unpaired) electrons. The minimum atomic E-state index is -0.0498. The summed E-state index contributed by atoms with van der Waals surface area (Å²) in [6.45, 7) is 8.84. The van der Waals surface area contributed by atoms with E-state index in [2.05, 4.69) is 22.3 Å². The first-order valence-corrected chi connectivity index (χ1v) is 10.2. The van der Waals surface area contributed by atoms with Crippen LogP contribution in [-0.4, -0.2) is 34.0 Å². The summed E-state index contributed by atoms with van der Waals surface area (Å²) in [5.41, 5.74) is 4.29. The second-order valence-corrected chi connectivity index (χ2v) is 7.45. The minimum absolute atomic E-state index is 0.0498. The van der Waals surface area contributed by atoms with Crippen LogP contribution in [0.15, 0.2) is 51.4 Å². The number of furan rings is 1. The second-order valence-electron chi connectivity index (χ2n) is 7.45. The van der Waals surface area contributed by atoms with Crippen LogP contribution < -0.4 is 0 Å². The van der Waals surface area contributed by atoms with E-state index >= 15 is 0 Å². The van der Waals surface area contributed by atoms with Gasteiger partial charge in [0, 0.05) is 18.7 Å². The molecule has 0 N–H and O–H groups in total. The van der Waals surface area contributed by atoms with Gasteiger partial charge in [0.05, 0.1) is 22.3 Å². The van der Waals surface area contributed by atoms with Gasteiger partial charge in [-0.3, -0.25) is 4.79 Å². The molecule has 3 aromatic heterocycles. The number of carbonyl (C=O) groups is 1. The molecule has 154 valence electrons. The maximum Gasteiger partial charge on any atom is 0.259 e. The SMILES string of the molecule is CCN(CCc1ccccc1)C(=O)c1cc(-c2cc(C)oc2C)nc2onc(C)c12. The predicted molar refractivity (Wildman–Crippen MR) is 115 cm³/mol. The number of nitrogens with zero attached hydrogens (tertiary/aromatic N) is 3. The van der Waals surface area contributed by atoms with Gasteiger partial charge in [-0.2, -0.15) is 0 Å². The minimum Gasteiger partial charge on any atom is -0.466 e. The lowest BCUT2D eigenvalue weighted by atomic mass is 10.0. The monoisotopic (exact) mass is 403 g/mol. The van der Waals surface area contributed by atoms with Gasteiger partial charge in [-0.25, -0.2) is 4.98 Å². The van der Waals surface area contributed by atoms with Crippen LogP contribution in [-0.2, 0) is 6.42 Å². The van der Waals surface area contributed by atoms with Crippen molar-refractivity contribution in [2.45, 2.75) is 34.1 Å². The van der Waals surface area contributed by atoms with Gasteiger partial charge in [0.15, 0.2) is 0 Å². The molecule has 0 saturated heterocycles. The molecule has 3 heterocycles. The first-order valence-electron chi connectivity index (χ1n) is 10.2. The molecule has 1 aromatic carbocycles. The van der Waals surface area contributed by atoms with Crippen molar-refractivity contribution in [1.29, 1.82) is 0 Å². The maximum absolute atomic E-state index is 13.5. The first kappa shape index (κ1) is 19.9. The smallest absolute Gasteiger partial charge is 0.259 e. The molecular weight excluding hydrogens is 378 g/mol. The van der Waals surface area contributed by atoms with Crippen LogP contribution in [0.5, 0.6) is 0 Å². The normalized spacial score (nSPS) is 11.2. The van der Waals surface area contributed by atoms with Crippen molar-refractivity contribution in [2.24, 2.45) is 0 Å². The maximum atomic E-state index is 13.5. The number of aromatic nitrogens is 2. The topological polar surface area (TPSA) is 72.4 Å². The van der Waals surface area contributed by atoms with Crippen LogP contribution in [0.1, 0.15) is 40.1 Å². The van der Waals surface area contributed by atoms with Gasteiger partial charge in [-0.1, -0.05) is 35.5 Å². The van der Waals surface area contributed by atoms with Crippen molar-refractivity contribution in [2.75, 3.05) is 13.1 Å². The van der Waals surface area contributed by atoms with Crippen molar-refractivity contribution in [1.82, 2.24) is 15.0 Å². The molecule has 0 aliphatic rings. The lowest BCUT2D eigenvalue weighted by molar-refractivity contribution is 0.0768. The molecule has 6 nitrogen and oxygen atoms in total. The number of fused-ring (bicyclic) bond motifs is 1. The van der Waals surface area contributed by atoms with Crippen LogP contribution in [0.4, 0.5) is 0 Å². The van der Waals surface area contributed by atoms with E-state index in [0.29, 0.717) is 41.1 Å². The average molecular weight is 403 g/mol. The molecule has 0 unspecified atom stereocenters. The van der Waals surface area contributed by atoms with Gasteiger partial charge < -0.3 is 13.8 Å². The van der Waals surface area contributed by atoms with Gasteiger partial charge in [-0.15, -0.1) is 0 Å². The molecule has 0 aliphatic carbocycles. The largest absolute Gasteiger partial charge is 0.466 e. The number of carbonyl (C=O) groups excluding carboxylic acids is 1. The molecule has 0 spiro atoms. The molecule has 0 atom stereocenters. The standard InChI is InChI=1S/C24H25N3O3/c1-5-27(12-11-18-9-7-6-8-10-18)24(28)20-14-21(19-13-15(2)29-17(19)4)25-23-22(20)16(3)26-30-23/h6-10,13-14H,5,11-12H2,1-4H3. The number of hydrogen-bond donors (Lipinski definition) is 0. The number of likely N-dealkylation sites (N-methyl/N-ethyl adjacent to an activating group) is 1. The Morgan fingerprint density at radius 3 is 2.53 bits per heavy atom. The van der Waals surface area contributed by atoms with E-state index in [-0.39, 0.29) is 5.91 Å². The fourth-order valence-electron chi connectivity index (χ4n) is 3.77. The lowest BCUT2D eigenvalue weighted by Crippen LogP contribution is -2.33. The Morgan fingerprint density at radius 2 is 1.87 bits per heavy atom.